The Bertz CT molecular complexity index is 1430. The van der Waals surface area contributed by atoms with Crippen molar-refractivity contribution in [2.75, 3.05) is 4.90 Å². The number of aryl methyl sites for hydroxylation is 1. The second-order valence-electron chi connectivity index (χ2n) is 8.88. The molecule has 1 N–H and O–H groups in total. The molecule has 0 fully saturated rings. The van der Waals surface area contributed by atoms with Gasteiger partial charge in [0.15, 0.2) is 16.7 Å². The molecule has 0 spiro atoms. The van der Waals surface area contributed by atoms with Gasteiger partial charge in [-0.05, 0) is 47.7 Å². The zero-order chi connectivity index (χ0) is 24.5. The molecule has 1 aliphatic rings. The molecule has 1 amide bonds. The molecule has 0 saturated heterocycles. The molecule has 1 unspecified atom stereocenters. The van der Waals surface area contributed by atoms with E-state index in [0.717, 1.165) is 15.8 Å². The number of hydrogen-bond acceptors (Lipinski definition) is 6. The predicted molar refractivity (Wildman–Crippen MR) is 138 cm³/mol. The minimum absolute atomic E-state index is 0.0757. The topological polar surface area (TPSA) is 83.4 Å². The Balaban J connectivity index is 1.54. The fraction of sp³-hybridized carbons (Fsp3) is 0.214. The highest BCUT2D eigenvalue weighted by atomic mass is 32.1. The van der Waals surface area contributed by atoms with Crippen LogP contribution in [-0.4, -0.2) is 26.8 Å². The smallest absolute Gasteiger partial charge is 0.296 e. The summed E-state index contributed by atoms with van der Waals surface area (Å²) in [4.78, 5) is 37.3. The number of thiazole rings is 1. The standard InChI is InChI=1S/C28H25N3O3S/c1-17(2)19-12-13-20-23(16-19)35-28(30-20)31-25(21-10-6-7-15-29-21)24(26(33)27(31)34)22(32)14-11-18-8-4-3-5-9-18/h3-10,12-13,15-17,25,33H,11,14H2,1-2H3. The van der Waals surface area contributed by atoms with Crippen molar-refractivity contribution in [1.82, 2.24) is 9.97 Å². The van der Waals surface area contributed by atoms with Gasteiger partial charge in [0.2, 0.25) is 0 Å². The van der Waals surface area contributed by atoms with Crippen LogP contribution >= 0.6 is 11.3 Å². The van der Waals surface area contributed by atoms with Gasteiger partial charge >= 0.3 is 0 Å². The van der Waals surface area contributed by atoms with E-state index < -0.39 is 17.7 Å². The minimum atomic E-state index is -0.836. The van der Waals surface area contributed by atoms with Crippen molar-refractivity contribution < 1.29 is 14.7 Å². The molecular formula is C28H25N3O3S. The number of anilines is 1. The predicted octanol–water partition coefficient (Wildman–Crippen LogP) is 5.92. The lowest BCUT2D eigenvalue weighted by atomic mass is 9.96. The third kappa shape index (κ3) is 4.35. The van der Waals surface area contributed by atoms with Gasteiger partial charge in [-0.2, -0.15) is 0 Å². The number of aliphatic hydroxyl groups is 1. The van der Waals surface area contributed by atoms with Crippen LogP contribution in [0, 0.1) is 0 Å². The van der Waals surface area contributed by atoms with Crippen molar-refractivity contribution in [2.24, 2.45) is 0 Å². The van der Waals surface area contributed by atoms with Crippen LogP contribution in [0.1, 0.15) is 49.0 Å². The quantitative estimate of drug-likeness (QED) is 0.353. The Morgan fingerprint density at radius 1 is 1.09 bits per heavy atom. The number of carbonyl (C=O) groups excluding carboxylic acids is 2. The molecule has 4 aromatic rings. The first-order valence-electron chi connectivity index (χ1n) is 11.6. The lowest BCUT2D eigenvalue weighted by Gasteiger charge is -2.23. The van der Waals surface area contributed by atoms with Gasteiger partial charge in [-0.1, -0.05) is 67.6 Å². The van der Waals surface area contributed by atoms with Crippen LogP contribution in [-0.2, 0) is 16.0 Å². The Kier molecular flexibility index (Phi) is 6.17. The average molecular weight is 484 g/mol. The van der Waals surface area contributed by atoms with Crippen molar-refractivity contribution in [3.63, 3.8) is 0 Å². The zero-order valence-corrected chi connectivity index (χ0v) is 20.3. The number of carbonyl (C=O) groups is 2. The number of benzene rings is 2. The number of fused-ring (bicyclic) bond motifs is 1. The molecule has 35 heavy (non-hydrogen) atoms. The third-order valence-corrected chi connectivity index (χ3v) is 7.25. The molecule has 5 rings (SSSR count). The summed E-state index contributed by atoms with van der Waals surface area (Å²) in [5.41, 5.74) is 3.55. The summed E-state index contributed by atoms with van der Waals surface area (Å²) >= 11 is 1.37. The molecule has 2 aromatic heterocycles. The van der Waals surface area contributed by atoms with Crippen LogP contribution in [0.4, 0.5) is 5.13 Å². The fourth-order valence-electron chi connectivity index (χ4n) is 4.33. The van der Waals surface area contributed by atoms with E-state index in [9.17, 15) is 14.7 Å². The summed E-state index contributed by atoms with van der Waals surface area (Å²) in [6, 6.07) is 20.2. The third-order valence-electron chi connectivity index (χ3n) is 6.23. The van der Waals surface area contributed by atoms with E-state index in [0.29, 0.717) is 23.2 Å². The Morgan fingerprint density at radius 3 is 2.57 bits per heavy atom. The molecule has 3 heterocycles. The maximum atomic E-state index is 13.4. The monoisotopic (exact) mass is 483 g/mol. The van der Waals surface area contributed by atoms with Gasteiger partial charge in [-0.25, -0.2) is 4.98 Å². The number of nitrogens with zero attached hydrogens (tertiary/aromatic N) is 3. The highest BCUT2D eigenvalue weighted by Gasteiger charge is 2.46. The second kappa shape index (κ2) is 9.43. The Labute approximate surface area is 207 Å². The number of hydrogen-bond donors (Lipinski definition) is 1. The van der Waals surface area contributed by atoms with Gasteiger partial charge in [0.1, 0.15) is 6.04 Å². The number of pyridine rings is 1. The molecule has 0 bridgehead atoms. The summed E-state index contributed by atoms with van der Waals surface area (Å²) in [7, 11) is 0. The van der Waals surface area contributed by atoms with Gasteiger partial charge in [0.05, 0.1) is 21.5 Å². The number of Topliss-reactive ketones (excluding diaryl/α,β-unsaturated/α-hetero) is 1. The van der Waals surface area contributed by atoms with E-state index in [1.807, 2.05) is 42.5 Å². The number of rotatable bonds is 7. The largest absolute Gasteiger partial charge is 0.503 e. The van der Waals surface area contributed by atoms with Crippen LogP contribution in [0.25, 0.3) is 10.2 Å². The molecule has 6 nitrogen and oxygen atoms in total. The molecule has 1 atom stereocenters. The average Bonchev–Trinajstić information content (AvgIpc) is 3.41. The van der Waals surface area contributed by atoms with E-state index in [4.69, 9.17) is 0 Å². The first-order valence-corrected chi connectivity index (χ1v) is 12.4. The number of ketones is 1. The van der Waals surface area contributed by atoms with Crippen molar-refractivity contribution >= 4 is 38.4 Å². The van der Waals surface area contributed by atoms with Crippen molar-refractivity contribution in [1.29, 1.82) is 0 Å². The fourth-order valence-corrected chi connectivity index (χ4v) is 5.37. The molecule has 176 valence electrons. The molecule has 0 aliphatic carbocycles. The SMILES string of the molecule is CC(C)c1ccc2nc(N3C(=O)C(O)=C(C(=O)CCc4ccccc4)C3c3ccccn3)sc2c1. The number of amides is 1. The molecule has 0 saturated carbocycles. The van der Waals surface area contributed by atoms with Crippen LogP contribution in [0.3, 0.4) is 0 Å². The molecular weight excluding hydrogens is 458 g/mol. The number of aliphatic hydroxyl groups excluding tert-OH is 1. The van der Waals surface area contributed by atoms with E-state index in [1.165, 1.54) is 21.8 Å². The summed E-state index contributed by atoms with van der Waals surface area (Å²) in [5, 5.41) is 11.3. The maximum absolute atomic E-state index is 13.4. The van der Waals surface area contributed by atoms with Crippen LogP contribution in [0.5, 0.6) is 0 Å². The van der Waals surface area contributed by atoms with Crippen LogP contribution < -0.4 is 4.90 Å². The van der Waals surface area contributed by atoms with Crippen LogP contribution in [0.2, 0.25) is 0 Å². The number of aromatic nitrogens is 2. The van der Waals surface area contributed by atoms with E-state index in [-0.39, 0.29) is 17.8 Å². The summed E-state index contributed by atoms with van der Waals surface area (Å²) in [6.45, 7) is 4.25. The first-order chi connectivity index (χ1) is 16.9. The minimum Gasteiger partial charge on any atom is -0.503 e. The van der Waals surface area contributed by atoms with Gasteiger partial charge < -0.3 is 5.11 Å². The Morgan fingerprint density at radius 2 is 1.86 bits per heavy atom. The van der Waals surface area contributed by atoms with Crippen molar-refractivity contribution in [3.8, 4) is 0 Å². The van der Waals surface area contributed by atoms with Gasteiger partial charge in [0, 0.05) is 12.6 Å². The molecule has 1 aliphatic heterocycles. The van der Waals surface area contributed by atoms with Gasteiger partial charge in [0.25, 0.3) is 5.91 Å². The molecule has 2 aromatic carbocycles. The van der Waals surface area contributed by atoms with E-state index >= 15 is 0 Å². The normalized spacial score (nSPS) is 16.0. The van der Waals surface area contributed by atoms with Gasteiger partial charge in [-0.3, -0.25) is 19.5 Å². The lowest BCUT2D eigenvalue weighted by Crippen LogP contribution is -2.31. The van der Waals surface area contributed by atoms with Crippen molar-refractivity contribution in [3.05, 3.63) is 101 Å². The summed E-state index contributed by atoms with van der Waals surface area (Å²) in [6.07, 6.45) is 2.30. The van der Waals surface area contributed by atoms with Crippen LogP contribution in [0.15, 0.2) is 84.3 Å². The highest BCUT2D eigenvalue weighted by Crippen LogP contribution is 2.43. The second-order valence-corrected chi connectivity index (χ2v) is 9.89. The van der Waals surface area contributed by atoms with E-state index in [1.54, 1.807) is 24.4 Å². The van der Waals surface area contributed by atoms with Crippen molar-refractivity contribution in [2.45, 2.75) is 38.6 Å². The molecule has 0 radical (unpaired) electrons. The molecule has 7 heteroatoms. The highest BCUT2D eigenvalue weighted by molar-refractivity contribution is 7.22. The summed E-state index contributed by atoms with van der Waals surface area (Å²) < 4.78 is 0.946. The zero-order valence-electron chi connectivity index (χ0n) is 19.5. The lowest BCUT2D eigenvalue weighted by molar-refractivity contribution is -0.118. The first kappa shape index (κ1) is 22.9. The van der Waals surface area contributed by atoms with E-state index in [2.05, 4.69) is 29.9 Å². The maximum Gasteiger partial charge on any atom is 0.296 e. The van der Waals surface area contributed by atoms with Gasteiger partial charge in [-0.15, -0.1) is 0 Å². The summed E-state index contributed by atoms with van der Waals surface area (Å²) in [5.74, 6) is -1.08. The Hall–Kier alpha value is -3.84.